The molecule has 0 rings (SSSR count). The number of hydrogen-bond donors (Lipinski definition) is 0. The first-order valence-electron chi connectivity index (χ1n) is 5.25. The monoisotopic (exact) mass is 196 g/mol. The normalized spacial score (nSPS) is 10.4. The van der Waals surface area contributed by atoms with E-state index < -0.39 is 0 Å². The summed E-state index contributed by atoms with van der Waals surface area (Å²) in [4.78, 5) is 11.0. The second kappa shape index (κ2) is 10.0. The fraction of sp³-hybridized carbons (Fsp3) is 0.583. The SMILES string of the molecule is C=CCCCC/C=C/C(=O)OCCC. The lowest BCUT2D eigenvalue weighted by Crippen LogP contribution is -2.00. The van der Waals surface area contributed by atoms with E-state index in [1.807, 2.05) is 19.1 Å². The van der Waals surface area contributed by atoms with Crippen LogP contribution < -0.4 is 0 Å². The zero-order chi connectivity index (χ0) is 10.6. The van der Waals surface area contributed by atoms with E-state index in [-0.39, 0.29) is 5.97 Å². The molecule has 0 fully saturated rings. The first kappa shape index (κ1) is 12.9. The number of hydrogen-bond acceptors (Lipinski definition) is 2. The standard InChI is InChI=1S/C12H20O2/c1-3-5-6-7-8-9-10-12(13)14-11-4-2/h3,9-10H,1,4-8,11H2,2H3/b10-9+. The van der Waals surface area contributed by atoms with E-state index in [2.05, 4.69) is 6.58 Å². The molecule has 0 saturated heterocycles. The quantitative estimate of drug-likeness (QED) is 0.258. The molecule has 0 aromatic heterocycles. The minimum absolute atomic E-state index is 0.226. The molecule has 0 atom stereocenters. The van der Waals surface area contributed by atoms with Crippen LogP contribution in [0.5, 0.6) is 0 Å². The highest BCUT2D eigenvalue weighted by molar-refractivity contribution is 5.81. The topological polar surface area (TPSA) is 26.3 Å². The van der Waals surface area contributed by atoms with Crippen LogP contribution in [0.1, 0.15) is 39.0 Å². The Bertz CT molecular complexity index is 183. The second-order valence-electron chi connectivity index (χ2n) is 3.14. The molecule has 0 bridgehead atoms. The number of ether oxygens (including phenoxy) is 1. The number of esters is 1. The van der Waals surface area contributed by atoms with E-state index in [4.69, 9.17) is 4.74 Å². The molecule has 2 heteroatoms. The van der Waals surface area contributed by atoms with Crippen molar-refractivity contribution in [2.24, 2.45) is 0 Å². The minimum atomic E-state index is -0.226. The Morgan fingerprint density at radius 1 is 1.36 bits per heavy atom. The van der Waals surface area contributed by atoms with Gasteiger partial charge in [0.1, 0.15) is 0 Å². The Hall–Kier alpha value is -1.05. The lowest BCUT2D eigenvalue weighted by molar-refractivity contribution is -0.137. The molecule has 0 aromatic rings. The van der Waals surface area contributed by atoms with E-state index in [0.717, 1.165) is 32.1 Å². The summed E-state index contributed by atoms with van der Waals surface area (Å²) in [5.41, 5.74) is 0. The van der Waals surface area contributed by atoms with Crippen LogP contribution in [0.4, 0.5) is 0 Å². The lowest BCUT2D eigenvalue weighted by atomic mass is 10.2. The van der Waals surface area contributed by atoms with Gasteiger partial charge in [-0.2, -0.15) is 0 Å². The van der Waals surface area contributed by atoms with Crippen LogP contribution in [0, 0.1) is 0 Å². The molecule has 0 aliphatic rings. The highest BCUT2D eigenvalue weighted by Gasteiger charge is 1.93. The number of allylic oxidation sites excluding steroid dienone is 2. The van der Waals surface area contributed by atoms with Gasteiger partial charge in [0, 0.05) is 6.08 Å². The van der Waals surface area contributed by atoms with E-state index in [1.165, 1.54) is 6.08 Å². The smallest absolute Gasteiger partial charge is 0.330 e. The fourth-order valence-corrected chi connectivity index (χ4v) is 0.981. The van der Waals surface area contributed by atoms with Gasteiger partial charge in [-0.15, -0.1) is 6.58 Å². The molecule has 2 nitrogen and oxygen atoms in total. The lowest BCUT2D eigenvalue weighted by Gasteiger charge is -1.97. The van der Waals surface area contributed by atoms with Gasteiger partial charge in [-0.3, -0.25) is 0 Å². The van der Waals surface area contributed by atoms with Gasteiger partial charge in [-0.1, -0.05) is 19.1 Å². The number of rotatable bonds is 8. The van der Waals surface area contributed by atoms with Crippen LogP contribution in [0.3, 0.4) is 0 Å². The summed E-state index contributed by atoms with van der Waals surface area (Å²) in [5.74, 6) is -0.226. The van der Waals surface area contributed by atoms with E-state index in [0.29, 0.717) is 6.61 Å². The van der Waals surface area contributed by atoms with Crippen molar-refractivity contribution >= 4 is 5.97 Å². The van der Waals surface area contributed by atoms with Gasteiger partial charge in [-0.05, 0) is 32.1 Å². The molecule has 0 spiro atoms. The van der Waals surface area contributed by atoms with Crippen LogP contribution in [0.2, 0.25) is 0 Å². The van der Waals surface area contributed by atoms with Gasteiger partial charge in [0.15, 0.2) is 0 Å². The Kier molecular flexibility index (Phi) is 9.28. The second-order valence-corrected chi connectivity index (χ2v) is 3.14. The molecule has 0 unspecified atom stereocenters. The maximum atomic E-state index is 11.0. The van der Waals surface area contributed by atoms with E-state index >= 15 is 0 Å². The molecule has 0 saturated carbocycles. The van der Waals surface area contributed by atoms with Crippen molar-refractivity contribution in [2.45, 2.75) is 39.0 Å². The zero-order valence-electron chi connectivity index (χ0n) is 9.00. The van der Waals surface area contributed by atoms with Gasteiger partial charge < -0.3 is 4.74 Å². The predicted molar refractivity (Wildman–Crippen MR) is 59.1 cm³/mol. The van der Waals surface area contributed by atoms with Crippen molar-refractivity contribution in [1.82, 2.24) is 0 Å². The van der Waals surface area contributed by atoms with Crippen LogP contribution in [-0.4, -0.2) is 12.6 Å². The van der Waals surface area contributed by atoms with Crippen molar-refractivity contribution in [3.05, 3.63) is 24.8 Å². The molecule has 0 N–H and O–H groups in total. The average molecular weight is 196 g/mol. The summed E-state index contributed by atoms with van der Waals surface area (Å²) in [6, 6.07) is 0. The summed E-state index contributed by atoms with van der Waals surface area (Å²) < 4.78 is 4.88. The van der Waals surface area contributed by atoms with Gasteiger partial charge >= 0.3 is 5.97 Å². The summed E-state index contributed by atoms with van der Waals surface area (Å²) in [6.07, 6.45) is 10.4. The first-order valence-corrected chi connectivity index (χ1v) is 5.25. The van der Waals surface area contributed by atoms with Gasteiger partial charge in [0.2, 0.25) is 0 Å². The van der Waals surface area contributed by atoms with Crippen LogP contribution in [0.25, 0.3) is 0 Å². The summed E-state index contributed by atoms with van der Waals surface area (Å²) in [7, 11) is 0. The molecule has 0 radical (unpaired) electrons. The molecule has 0 aromatic carbocycles. The Morgan fingerprint density at radius 3 is 2.71 bits per heavy atom. The Labute approximate surface area is 86.6 Å². The maximum Gasteiger partial charge on any atom is 0.330 e. The Morgan fingerprint density at radius 2 is 2.07 bits per heavy atom. The molecule has 80 valence electrons. The largest absolute Gasteiger partial charge is 0.463 e. The van der Waals surface area contributed by atoms with Crippen LogP contribution >= 0.6 is 0 Å². The fourth-order valence-electron chi connectivity index (χ4n) is 0.981. The third kappa shape index (κ3) is 9.04. The number of unbranched alkanes of at least 4 members (excludes halogenated alkanes) is 3. The summed E-state index contributed by atoms with van der Waals surface area (Å²) in [6.45, 7) is 6.14. The molecule has 0 heterocycles. The van der Waals surface area contributed by atoms with Crippen molar-refractivity contribution in [3.63, 3.8) is 0 Å². The maximum absolute atomic E-state index is 11.0. The number of carbonyl (C=O) groups excluding carboxylic acids is 1. The first-order chi connectivity index (χ1) is 6.81. The van der Waals surface area contributed by atoms with Gasteiger partial charge in [-0.25, -0.2) is 4.79 Å². The summed E-state index contributed by atoms with van der Waals surface area (Å²) >= 11 is 0. The third-order valence-electron chi connectivity index (χ3n) is 1.73. The van der Waals surface area contributed by atoms with Crippen molar-refractivity contribution in [3.8, 4) is 0 Å². The molecular weight excluding hydrogens is 176 g/mol. The highest BCUT2D eigenvalue weighted by Crippen LogP contribution is 2.00. The van der Waals surface area contributed by atoms with Gasteiger partial charge in [0.25, 0.3) is 0 Å². The van der Waals surface area contributed by atoms with E-state index in [1.54, 1.807) is 0 Å². The van der Waals surface area contributed by atoms with Crippen molar-refractivity contribution < 1.29 is 9.53 Å². The molecular formula is C12H20O2. The van der Waals surface area contributed by atoms with Crippen molar-refractivity contribution in [1.29, 1.82) is 0 Å². The minimum Gasteiger partial charge on any atom is -0.463 e. The van der Waals surface area contributed by atoms with Crippen molar-refractivity contribution in [2.75, 3.05) is 6.61 Å². The predicted octanol–water partition coefficient (Wildman–Crippen LogP) is 3.24. The van der Waals surface area contributed by atoms with Crippen LogP contribution in [-0.2, 0) is 9.53 Å². The third-order valence-corrected chi connectivity index (χ3v) is 1.73. The van der Waals surface area contributed by atoms with Gasteiger partial charge in [0.05, 0.1) is 6.61 Å². The van der Waals surface area contributed by atoms with E-state index in [9.17, 15) is 4.79 Å². The van der Waals surface area contributed by atoms with Crippen LogP contribution in [0.15, 0.2) is 24.8 Å². The molecule has 0 amide bonds. The highest BCUT2D eigenvalue weighted by atomic mass is 16.5. The number of carbonyl (C=O) groups is 1. The zero-order valence-corrected chi connectivity index (χ0v) is 9.00. The average Bonchev–Trinajstić information content (AvgIpc) is 2.20. The molecule has 0 aliphatic carbocycles. The molecule has 14 heavy (non-hydrogen) atoms. The summed E-state index contributed by atoms with van der Waals surface area (Å²) in [5, 5.41) is 0. The Balaban J connectivity index is 3.32. The molecule has 0 aliphatic heterocycles.